The minimum atomic E-state index is -0.492. The molecule has 0 aromatic heterocycles. The fraction of sp³-hybridized carbons (Fsp3) is 0.409. The zero-order valence-corrected chi connectivity index (χ0v) is 15.8. The van der Waals surface area contributed by atoms with E-state index in [1.807, 2.05) is 68.4 Å². The quantitative estimate of drug-likeness (QED) is 0.529. The molecule has 0 heterocycles. The van der Waals surface area contributed by atoms with Crippen LogP contribution < -0.4 is 10.1 Å². The maximum absolute atomic E-state index is 11.6. The lowest BCUT2D eigenvalue weighted by molar-refractivity contribution is -0.137. The van der Waals surface area contributed by atoms with Crippen molar-refractivity contribution in [3.63, 3.8) is 0 Å². The lowest BCUT2D eigenvalue weighted by Crippen LogP contribution is -2.30. The molecule has 26 heavy (non-hydrogen) atoms. The summed E-state index contributed by atoms with van der Waals surface area (Å²) in [5.41, 5.74) is 2.13. The van der Waals surface area contributed by atoms with Crippen LogP contribution in [-0.2, 0) is 11.2 Å². The van der Waals surface area contributed by atoms with Gasteiger partial charge in [-0.2, -0.15) is 0 Å². The Hall–Kier alpha value is -2.17. The van der Waals surface area contributed by atoms with Gasteiger partial charge in [0.15, 0.2) is 0 Å². The number of benzene rings is 2. The number of carbonyl (C=O) groups is 1. The van der Waals surface area contributed by atoms with Gasteiger partial charge in [-0.25, -0.2) is 0 Å². The van der Waals surface area contributed by atoms with E-state index in [1.165, 1.54) is 5.56 Å². The minimum absolute atomic E-state index is 0.132. The SMILES string of the molecule is CC(C)C(=O)Oc1ccc(CC[C@H](C)NC[C@H](O)c2ccccc2)cc1. The van der Waals surface area contributed by atoms with Gasteiger partial charge in [-0.05, 0) is 43.0 Å². The topological polar surface area (TPSA) is 58.6 Å². The fourth-order valence-electron chi connectivity index (χ4n) is 2.55. The summed E-state index contributed by atoms with van der Waals surface area (Å²) in [5.74, 6) is 0.241. The van der Waals surface area contributed by atoms with E-state index in [2.05, 4.69) is 12.2 Å². The van der Waals surface area contributed by atoms with Gasteiger partial charge < -0.3 is 15.2 Å². The molecule has 4 heteroatoms. The Bertz CT molecular complexity index is 668. The van der Waals surface area contributed by atoms with Gasteiger partial charge in [0.2, 0.25) is 0 Å². The molecule has 2 aromatic rings. The van der Waals surface area contributed by atoms with E-state index in [4.69, 9.17) is 4.74 Å². The summed E-state index contributed by atoms with van der Waals surface area (Å²) < 4.78 is 5.28. The highest BCUT2D eigenvalue weighted by atomic mass is 16.5. The second kappa shape index (κ2) is 10.1. The van der Waals surface area contributed by atoms with Gasteiger partial charge in [-0.1, -0.05) is 56.3 Å². The molecule has 0 amide bonds. The van der Waals surface area contributed by atoms with E-state index >= 15 is 0 Å². The van der Waals surface area contributed by atoms with Crippen LogP contribution in [0.3, 0.4) is 0 Å². The maximum atomic E-state index is 11.6. The Morgan fingerprint density at radius 2 is 1.69 bits per heavy atom. The number of carbonyl (C=O) groups excluding carboxylic acids is 1. The average Bonchev–Trinajstić information content (AvgIpc) is 2.66. The number of esters is 1. The lowest BCUT2D eigenvalue weighted by atomic mass is 10.1. The monoisotopic (exact) mass is 355 g/mol. The van der Waals surface area contributed by atoms with Crippen molar-refractivity contribution >= 4 is 5.97 Å². The molecule has 2 N–H and O–H groups in total. The van der Waals surface area contributed by atoms with Crippen LogP contribution in [0, 0.1) is 5.92 Å². The average molecular weight is 355 g/mol. The van der Waals surface area contributed by atoms with E-state index in [1.54, 1.807) is 0 Å². The van der Waals surface area contributed by atoms with Crippen LogP contribution in [0.4, 0.5) is 0 Å². The van der Waals surface area contributed by atoms with E-state index in [9.17, 15) is 9.90 Å². The summed E-state index contributed by atoms with van der Waals surface area (Å²) in [5, 5.41) is 13.6. The molecular formula is C22H29NO3. The molecule has 2 atom stereocenters. The minimum Gasteiger partial charge on any atom is -0.426 e. The van der Waals surface area contributed by atoms with Gasteiger partial charge in [0, 0.05) is 12.6 Å². The van der Waals surface area contributed by atoms with Gasteiger partial charge in [0.1, 0.15) is 5.75 Å². The molecule has 140 valence electrons. The number of nitrogens with one attached hydrogen (secondary N) is 1. The zero-order valence-electron chi connectivity index (χ0n) is 15.8. The molecule has 2 rings (SSSR count). The summed E-state index contributed by atoms with van der Waals surface area (Å²) in [6, 6.07) is 17.7. The summed E-state index contributed by atoms with van der Waals surface area (Å²) in [7, 11) is 0. The van der Waals surface area contributed by atoms with Gasteiger partial charge in [0.25, 0.3) is 0 Å². The van der Waals surface area contributed by atoms with Crippen molar-refractivity contribution in [3.05, 3.63) is 65.7 Å². The third-order valence-corrected chi connectivity index (χ3v) is 4.32. The van der Waals surface area contributed by atoms with Crippen LogP contribution in [0.15, 0.2) is 54.6 Å². The van der Waals surface area contributed by atoms with Gasteiger partial charge in [-0.15, -0.1) is 0 Å². The lowest BCUT2D eigenvalue weighted by Gasteiger charge is -2.17. The number of hydrogen-bond donors (Lipinski definition) is 2. The second-order valence-electron chi connectivity index (χ2n) is 6.99. The highest BCUT2D eigenvalue weighted by Gasteiger charge is 2.11. The first-order valence-electron chi connectivity index (χ1n) is 9.22. The highest BCUT2D eigenvalue weighted by Crippen LogP contribution is 2.16. The van der Waals surface area contributed by atoms with E-state index in [0.717, 1.165) is 18.4 Å². The Kier molecular flexibility index (Phi) is 7.82. The predicted molar refractivity (Wildman–Crippen MR) is 104 cm³/mol. The molecule has 0 aliphatic heterocycles. The smallest absolute Gasteiger partial charge is 0.313 e. The predicted octanol–water partition coefficient (Wildman–Crippen LogP) is 3.89. The Labute approximate surface area is 156 Å². The van der Waals surface area contributed by atoms with E-state index in [-0.39, 0.29) is 11.9 Å². The molecule has 0 unspecified atom stereocenters. The van der Waals surface area contributed by atoms with Gasteiger partial charge in [-0.3, -0.25) is 4.79 Å². The van der Waals surface area contributed by atoms with Gasteiger partial charge in [0.05, 0.1) is 12.0 Å². The number of hydrogen-bond acceptors (Lipinski definition) is 4. The fourth-order valence-corrected chi connectivity index (χ4v) is 2.55. The molecule has 0 bridgehead atoms. The molecule has 4 nitrogen and oxygen atoms in total. The van der Waals surface area contributed by atoms with Crippen LogP contribution in [-0.4, -0.2) is 23.7 Å². The van der Waals surface area contributed by atoms with Crippen molar-refractivity contribution in [3.8, 4) is 5.75 Å². The van der Waals surface area contributed by atoms with Crippen molar-refractivity contribution in [2.24, 2.45) is 5.92 Å². The van der Waals surface area contributed by atoms with E-state index in [0.29, 0.717) is 18.3 Å². The Balaban J connectivity index is 1.73. The molecule has 0 spiro atoms. The van der Waals surface area contributed by atoms with Crippen LogP contribution in [0.2, 0.25) is 0 Å². The first-order valence-corrected chi connectivity index (χ1v) is 9.22. The highest BCUT2D eigenvalue weighted by molar-refractivity contribution is 5.74. The molecule has 0 fully saturated rings. The van der Waals surface area contributed by atoms with Gasteiger partial charge >= 0.3 is 5.97 Å². The molecule has 0 radical (unpaired) electrons. The molecule has 0 saturated heterocycles. The van der Waals surface area contributed by atoms with Crippen molar-refractivity contribution in [1.29, 1.82) is 0 Å². The van der Waals surface area contributed by atoms with Crippen molar-refractivity contribution in [2.75, 3.05) is 6.54 Å². The summed E-state index contributed by atoms with van der Waals surface area (Å²) in [6.07, 6.45) is 1.40. The number of rotatable bonds is 9. The largest absolute Gasteiger partial charge is 0.426 e. The van der Waals surface area contributed by atoms with Crippen LogP contribution >= 0.6 is 0 Å². The standard InChI is InChI=1S/C22H29NO3/c1-16(2)22(25)26-20-13-11-18(12-14-20)10-9-17(3)23-15-21(24)19-7-5-4-6-8-19/h4-8,11-14,16-17,21,23-24H,9-10,15H2,1-3H3/t17-,21-/m0/s1. The van der Waals surface area contributed by atoms with Crippen LogP contribution in [0.25, 0.3) is 0 Å². The van der Waals surface area contributed by atoms with Crippen LogP contribution in [0.1, 0.15) is 44.4 Å². The maximum Gasteiger partial charge on any atom is 0.313 e. The zero-order chi connectivity index (χ0) is 18.9. The summed E-state index contributed by atoms with van der Waals surface area (Å²) in [4.78, 5) is 11.6. The Morgan fingerprint density at radius 3 is 2.31 bits per heavy atom. The number of aliphatic hydroxyl groups is 1. The summed E-state index contributed by atoms with van der Waals surface area (Å²) >= 11 is 0. The molecule has 2 aromatic carbocycles. The number of aryl methyl sites for hydroxylation is 1. The molecule has 0 aliphatic rings. The van der Waals surface area contributed by atoms with Crippen molar-refractivity contribution < 1.29 is 14.6 Å². The first-order chi connectivity index (χ1) is 12.5. The van der Waals surface area contributed by atoms with Crippen LogP contribution in [0.5, 0.6) is 5.75 Å². The Morgan fingerprint density at radius 1 is 1.04 bits per heavy atom. The second-order valence-corrected chi connectivity index (χ2v) is 6.99. The third-order valence-electron chi connectivity index (χ3n) is 4.32. The van der Waals surface area contributed by atoms with Crippen molar-refractivity contribution in [2.45, 2.75) is 45.8 Å². The number of ether oxygens (including phenoxy) is 1. The normalized spacial score (nSPS) is 13.4. The molecular weight excluding hydrogens is 326 g/mol. The third kappa shape index (κ3) is 6.62. The number of aliphatic hydroxyl groups excluding tert-OH is 1. The molecule has 0 saturated carbocycles. The van der Waals surface area contributed by atoms with Crippen molar-refractivity contribution in [1.82, 2.24) is 5.32 Å². The summed E-state index contributed by atoms with van der Waals surface area (Å²) in [6.45, 7) is 6.30. The van der Waals surface area contributed by atoms with E-state index < -0.39 is 6.10 Å². The first kappa shape index (κ1) is 20.1. The molecule has 0 aliphatic carbocycles.